The molecule has 184 valence electrons. The van der Waals surface area contributed by atoms with Gasteiger partial charge in [-0.15, -0.1) is 0 Å². The summed E-state index contributed by atoms with van der Waals surface area (Å²) in [6.45, 7) is 1.63. The number of likely N-dealkylation sites (N-methyl/N-ethyl adjacent to an activating group) is 1. The maximum Gasteiger partial charge on any atom is 0.419 e. The first kappa shape index (κ1) is 26.0. The van der Waals surface area contributed by atoms with E-state index in [0.717, 1.165) is 17.2 Å². The normalized spacial score (nSPS) is 14.3. The second-order valence-electron chi connectivity index (χ2n) is 8.12. The molecule has 0 radical (unpaired) electrons. The van der Waals surface area contributed by atoms with Gasteiger partial charge < -0.3 is 15.1 Å². The second-order valence-corrected chi connectivity index (χ2v) is 8.33. The van der Waals surface area contributed by atoms with Gasteiger partial charge >= 0.3 is 6.18 Å². The van der Waals surface area contributed by atoms with E-state index in [-0.39, 0.29) is 16.9 Å². The van der Waals surface area contributed by atoms with Crippen molar-refractivity contribution < 1.29 is 27.2 Å². The zero-order valence-electron chi connectivity index (χ0n) is 19.0. The fraction of sp³-hybridized carbons (Fsp3) is 0.348. The lowest BCUT2D eigenvalue weighted by molar-refractivity contribution is -0.138. The third-order valence-corrected chi connectivity index (χ3v) is 6.35. The lowest BCUT2D eigenvalue weighted by atomic mass is 9.73. The van der Waals surface area contributed by atoms with Crippen LogP contribution in [0.4, 0.5) is 28.9 Å². The van der Waals surface area contributed by atoms with Gasteiger partial charge in [0.1, 0.15) is 17.4 Å². The van der Waals surface area contributed by atoms with Crippen molar-refractivity contribution in [3.8, 4) is 6.07 Å². The predicted molar refractivity (Wildman–Crippen MR) is 125 cm³/mol. The van der Waals surface area contributed by atoms with Gasteiger partial charge in [-0.25, -0.2) is 9.37 Å². The van der Waals surface area contributed by atoms with Gasteiger partial charge in [-0.2, -0.15) is 18.4 Å². The molecule has 12 heteroatoms. The van der Waals surface area contributed by atoms with Gasteiger partial charge in [0.05, 0.1) is 28.5 Å². The van der Waals surface area contributed by atoms with E-state index >= 15 is 0 Å². The van der Waals surface area contributed by atoms with E-state index in [0.29, 0.717) is 30.9 Å². The van der Waals surface area contributed by atoms with E-state index < -0.39 is 40.6 Å². The molecule has 7 nitrogen and oxygen atoms in total. The number of thiocarbonyl (C=S) groups is 1. The smallest absolute Gasteiger partial charge is 0.355 e. The number of halogens is 4. The lowest BCUT2D eigenvalue weighted by Crippen LogP contribution is -2.63. The van der Waals surface area contributed by atoms with Crippen molar-refractivity contribution in [1.82, 2.24) is 10.3 Å². The minimum atomic E-state index is -4.84. The predicted octanol–water partition coefficient (Wildman–Crippen LogP) is 4.13. The minimum absolute atomic E-state index is 0.158. The van der Waals surface area contributed by atoms with Crippen LogP contribution in [0.15, 0.2) is 24.4 Å². The average molecular weight is 508 g/mol. The molecule has 0 unspecified atom stereocenters. The fourth-order valence-corrected chi connectivity index (χ4v) is 4.38. The number of hydrogen-bond acceptors (Lipinski definition) is 5. The molecule has 0 atom stereocenters. The highest BCUT2D eigenvalue weighted by atomic mass is 32.1. The first-order valence-electron chi connectivity index (χ1n) is 10.4. The quantitative estimate of drug-likeness (QED) is 0.467. The van der Waals surface area contributed by atoms with Crippen LogP contribution < -0.4 is 15.1 Å². The fourth-order valence-electron chi connectivity index (χ4n) is 4.07. The Morgan fingerprint density at radius 2 is 1.94 bits per heavy atom. The molecular formula is C23H21F4N5O2S. The monoisotopic (exact) mass is 507 g/mol. The number of hydrogen-bond donors (Lipinski definition) is 1. The van der Waals surface area contributed by atoms with Gasteiger partial charge in [0.15, 0.2) is 5.69 Å². The maximum absolute atomic E-state index is 14.8. The van der Waals surface area contributed by atoms with Crippen LogP contribution in [0.2, 0.25) is 0 Å². The number of amides is 2. The van der Waals surface area contributed by atoms with Crippen molar-refractivity contribution in [3.05, 3.63) is 52.6 Å². The number of nitrogens with zero attached hydrogens (tertiary/aromatic N) is 4. The lowest BCUT2D eigenvalue weighted by Gasteiger charge is -2.49. The number of nitriles is 1. The molecule has 1 fully saturated rings. The molecule has 2 amide bonds. The van der Waals surface area contributed by atoms with Crippen molar-refractivity contribution in [1.29, 1.82) is 5.26 Å². The Hall–Kier alpha value is -3.59. The van der Waals surface area contributed by atoms with Crippen LogP contribution in [-0.2, 0) is 11.0 Å². The van der Waals surface area contributed by atoms with Crippen molar-refractivity contribution in [3.63, 3.8) is 0 Å². The standard InChI is InChI=1S/C23H21F4N5O2S/c1-13-7-15(20(33)29-2)17(24)9-19(13)32(12-35)22(5-4-6-22)21(34)31(3)14-8-16(23(25,26)27)18(10-28)30-11-14/h7-9,11-12H,4-6H2,1-3H3,(H,29,33). The summed E-state index contributed by atoms with van der Waals surface area (Å²) in [6.07, 6.45) is -2.55. The van der Waals surface area contributed by atoms with Crippen LogP contribution in [0.1, 0.15) is 46.4 Å². The Labute approximate surface area is 204 Å². The summed E-state index contributed by atoms with van der Waals surface area (Å²) in [6, 6.07) is 4.55. The molecular weight excluding hydrogens is 486 g/mol. The summed E-state index contributed by atoms with van der Waals surface area (Å²) in [5.41, 5.74) is -1.72. The Balaban J connectivity index is 2.04. The summed E-state index contributed by atoms with van der Waals surface area (Å²) in [5.74, 6) is -2.00. The molecule has 1 aromatic carbocycles. The second kappa shape index (κ2) is 9.58. The van der Waals surface area contributed by atoms with E-state index in [1.54, 1.807) is 6.92 Å². The van der Waals surface area contributed by atoms with Crippen molar-refractivity contribution >= 4 is 40.9 Å². The van der Waals surface area contributed by atoms with E-state index in [1.165, 1.54) is 36.6 Å². The molecule has 0 bridgehead atoms. The first-order valence-corrected chi connectivity index (χ1v) is 10.9. The van der Waals surface area contributed by atoms with Gasteiger partial charge in [0.2, 0.25) is 0 Å². The Bertz CT molecular complexity index is 1240. The van der Waals surface area contributed by atoms with Crippen LogP contribution >= 0.6 is 12.2 Å². The topological polar surface area (TPSA) is 89.3 Å². The highest BCUT2D eigenvalue weighted by Crippen LogP contribution is 2.43. The Morgan fingerprint density at radius 1 is 1.29 bits per heavy atom. The summed E-state index contributed by atoms with van der Waals surface area (Å²) >= 11 is 5.17. The van der Waals surface area contributed by atoms with Gasteiger partial charge in [-0.05, 0) is 49.9 Å². The number of anilines is 2. The Morgan fingerprint density at radius 3 is 2.43 bits per heavy atom. The van der Waals surface area contributed by atoms with Crippen LogP contribution in [0, 0.1) is 24.1 Å². The third kappa shape index (κ3) is 4.55. The zero-order valence-corrected chi connectivity index (χ0v) is 19.9. The first-order chi connectivity index (χ1) is 16.4. The molecule has 35 heavy (non-hydrogen) atoms. The molecule has 0 spiro atoms. The number of aryl methyl sites for hydroxylation is 1. The van der Waals surface area contributed by atoms with Crippen molar-refractivity contribution in [2.45, 2.75) is 37.9 Å². The minimum Gasteiger partial charge on any atom is -0.355 e. The van der Waals surface area contributed by atoms with Crippen LogP contribution in [-0.4, -0.2) is 41.9 Å². The van der Waals surface area contributed by atoms with Crippen molar-refractivity contribution in [2.75, 3.05) is 23.9 Å². The number of benzene rings is 1. The molecule has 1 aliphatic carbocycles. The highest BCUT2D eigenvalue weighted by molar-refractivity contribution is 7.79. The average Bonchev–Trinajstić information content (AvgIpc) is 2.80. The number of carbonyl (C=O) groups is 2. The van der Waals surface area contributed by atoms with Crippen LogP contribution in [0.3, 0.4) is 0 Å². The van der Waals surface area contributed by atoms with E-state index in [4.69, 9.17) is 17.5 Å². The summed E-state index contributed by atoms with van der Waals surface area (Å²) in [5, 5.41) is 11.3. The highest BCUT2D eigenvalue weighted by Gasteiger charge is 2.51. The number of alkyl halides is 3. The molecule has 1 saturated carbocycles. The summed E-state index contributed by atoms with van der Waals surface area (Å²) in [4.78, 5) is 31.6. The molecule has 1 aliphatic rings. The molecule has 1 heterocycles. The van der Waals surface area contributed by atoms with E-state index in [2.05, 4.69) is 10.3 Å². The molecule has 0 saturated heterocycles. The molecule has 3 rings (SSSR count). The zero-order chi connectivity index (χ0) is 26.1. The molecule has 1 N–H and O–H groups in total. The van der Waals surface area contributed by atoms with Gasteiger partial charge in [0, 0.05) is 19.8 Å². The maximum atomic E-state index is 14.8. The molecule has 2 aromatic rings. The molecule has 1 aromatic heterocycles. The Kier molecular flexibility index (Phi) is 7.12. The number of pyridine rings is 1. The largest absolute Gasteiger partial charge is 0.419 e. The number of nitrogens with one attached hydrogen (secondary N) is 1. The summed E-state index contributed by atoms with van der Waals surface area (Å²) in [7, 11) is 2.67. The van der Waals surface area contributed by atoms with Gasteiger partial charge in [-0.1, -0.05) is 12.2 Å². The number of rotatable bonds is 6. The number of carbonyl (C=O) groups excluding carboxylic acids is 2. The van der Waals surface area contributed by atoms with E-state index in [9.17, 15) is 27.2 Å². The summed E-state index contributed by atoms with van der Waals surface area (Å²) < 4.78 is 55.0. The van der Waals surface area contributed by atoms with Crippen molar-refractivity contribution in [2.24, 2.45) is 0 Å². The van der Waals surface area contributed by atoms with Gasteiger partial charge in [0.25, 0.3) is 11.8 Å². The van der Waals surface area contributed by atoms with E-state index in [1.807, 2.05) is 0 Å². The van der Waals surface area contributed by atoms with Crippen LogP contribution in [0.5, 0.6) is 0 Å². The third-order valence-electron chi connectivity index (χ3n) is 6.14. The SMILES string of the molecule is CNC(=O)c1cc(C)c(N(C=S)C2(C(=O)N(C)c3cnc(C#N)c(C(F)(F)F)c3)CCC2)cc1F. The van der Waals surface area contributed by atoms with Gasteiger partial charge in [-0.3, -0.25) is 9.59 Å². The number of aromatic nitrogens is 1. The molecule has 0 aliphatic heterocycles. The van der Waals surface area contributed by atoms with Crippen LogP contribution in [0.25, 0.3) is 0 Å².